The monoisotopic (exact) mass is 225 g/mol. The van der Waals surface area contributed by atoms with Crippen LogP contribution < -0.4 is 5.48 Å². The summed E-state index contributed by atoms with van der Waals surface area (Å²) < 4.78 is 6.87. The van der Waals surface area contributed by atoms with Crippen LogP contribution in [0.5, 0.6) is 0 Å². The van der Waals surface area contributed by atoms with E-state index in [9.17, 15) is 4.79 Å². The first kappa shape index (κ1) is 11.1. The highest BCUT2D eigenvalue weighted by atomic mass is 16.8. The summed E-state index contributed by atoms with van der Waals surface area (Å²) in [6.45, 7) is 0.688. The summed E-state index contributed by atoms with van der Waals surface area (Å²) in [7, 11) is 1.75. The molecule has 1 amide bonds. The molecule has 1 aliphatic heterocycles. The van der Waals surface area contributed by atoms with Gasteiger partial charge in [0.2, 0.25) is 0 Å². The Morgan fingerprint density at radius 2 is 2.56 bits per heavy atom. The van der Waals surface area contributed by atoms with Crippen LogP contribution in [-0.2, 0) is 16.6 Å². The van der Waals surface area contributed by atoms with Crippen LogP contribution in [0.2, 0.25) is 0 Å². The molecular formula is C10H15N3O3. The van der Waals surface area contributed by atoms with E-state index in [1.807, 2.05) is 0 Å². The lowest BCUT2D eigenvalue weighted by molar-refractivity contribution is -0.186. The molecule has 0 radical (unpaired) electrons. The smallest absolute Gasteiger partial charge is 0.278 e. The minimum absolute atomic E-state index is 0.303. The zero-order valence-corrected chi connectivity index (χ0v) is 9.18. The third-order valence-corrected chi connectivity index (χ3v) is 2.39. The van der Waals surface area contributed by atoms with E-state index in [2.05, 4.69) is 10.6 Å². The molecule has 0 saturated carbocycles. The van der Waals surface area contributed by atoms with Crippen LogP contribution >= 0.6 is 0 Å². The van der Waals surface area contributed by atoms with Crippen molar-refractivity contribution >= 4 is 5.91 Å². The van der Waals surface area contributed by atoms with Gasteiger partial charge in [-0.15, -0.1) is 0 Å². The van der Waals surface area contributed by atoms with E-state index in [-0.39, 0.29) is 12.2 Å². The fraction of sp³-hybridized carbons (Fsp3) is 0.600. The second-order valence-corrected chi connectivity index (χ2v) is 3.75. The van der Waals surface area contributed by atoms with Gasteiger partial charge in [0.05, 0.1) is 11.8 Å². The van der Waals surface area contributed by atoms with Crippen LogP contribution in [0.4, 0.5) is 0 Å². The molecule has 1 aromatic rings. The number of carbonyl (C=O) groups excluding carboxylic acids is 1. The molecule has 6 nitrogen and oxygen atoms in total. The molecule has 16 heavy (non-hydrogen) atoms. The number of ether oxygens (including phenoxy) is 1. The van der Waals surface area contributed by atoms with Gasteiger partial charge in [0.15, 0.2) is 6.29 Å². The van der Waals surface area contributed by atoms with Gasteiger partial charge in [-0.25, -0.2) is 10.3 Å². The predicted molar refractivity (Wildman–Crippen MR) is 55.4 cm³/mol. The highest BCUT2D eigenvalue weighted by Gasteiger charge is 2.16. The Morgan fingerprint density at radius 1 is 1.69 bits per heavy atom. The predicted octanol–water partition coefficient (Wildman–Crippen LogP) is 0.608. The van der Waals surface area contributed by atoms with Crippen molar-refractivity contribution in [2.75, 3.05) is 6.61 Å². The van der Waals surface area contributed by atoms with Crippen LogP contribution in [0, 0.1) is 0 Å². The van der Waals surface area contributed by atoms with Gasteiger partial charge in [-0.1, -0.05) is 0 Å². The first-order valence-corrected chi connectivity index (χ1v) is 5.32. The average molecular weight is 225 g/mol. The van der Waals surface area contributed by atoms with Crippen LogP contribution in [-0.4, -0.2) is 28.6 Å². The number of carbonyl (C=O) groups is 1. The van der Waals surface area contributed by atoms with Crippen LogP contribution in [0.3, 0.4) is 0 Å². The Hall–Kier alpha value is -1.40. The quantitative estimate of drug-likeness (QED) is 0.765. The lowest BCUT2D eigenvalue weighted by atomic mass is 10.2. The van der Waals surface area contributed by atoms with Crippen molar-refractivity contribution in [1.29, 1.82) is 0 Å². The van der Waals surface area contributed by atoms with E-state index in [4.69, 9.17) is 9.57 Å². The minimum atomic E-state index is -0.325. The zero-order valence-electron chi connectivity index (χ0n) is 9.18. The molecule has 1 saturated heterocycles. The summed E-state index contributed by atoms with van der Waals surface area (Å²) in [4.78, 5) is 16.7. The Bertz CT molecular complexity index is 358. The molecule has 88 valence electrons. The fourth-order valence-electron chi connectivity index (χ4n) is 1.52. The van der Waals surface area contributed by atoms with Crippen molar-refractivity contribution in [3.05, 3.63) is 18.0 Å². The van der Waals surface area contributed by atoms with Crippen molar-refractivity contribution in [2.45, 2.75) is 25.6 Å². The maximum atomic E-state index is 11.6. The highest BCUT2D eigenvalue weighted by molar-refractivity contribution is 5.92. The van der Waals surface area contributed by atoms with Crippen LogP contribution in [0.1, 0.15) is 29.6 Å². The highest BCUT2D eigenvalue weighted by Crippen LogP contribution is 2.12. The third kappa shape index (κ3) is 2.80. The van der Waals surface area contributed by atoms with E-state index >= 15 is 0 Å². The molecule has 1 unspecified atom stereocenters. The van der Waals surface area contributed by atoms with Gasteiger partial charge in [-0.2, -0.15) is 5.10 Å². The summed E-state index contributed by atoms with van der Waals surface area (Å²) in [5.41, 5.74) is 2.84. The summed E-state index contributed by atoms with van der Waals surface area (Å²) in [5, 5.41) is 3.90. The number of hydrogen-bond acceptors (Lipinski definition) is 4. The number of nitrogens with zero attached hydrogens (tertiary/aromatic N) is 2. The molecule has 0 bridgehead atoms. The Morgan fingerprint density at radius 3 is 3.19 bits per heavy atom. The Balaban J connectivity index is 1.79. The number of aryl methyl sites for hydroxylation is 1. The molecule has 1 atom stereocenters. The van der Waals surface area contributed by atoms with Gasteiger partial charge in [0, 0.05) is 26.3 Å². The summed E-state index contributed by atoms with van der Waals surface area (Å²) in [5.74, 6) is -0.303. The van der Waals surface area contributed by atoms with Crippen LogP contribution in [0.25, 0.3) is 0 Å². The Labute approximate surface area is 93.5 Å². The molecule has 0 spiro atoms. The lowest BCUT2D eigenvalue weighted by Crippen LogP contribution is -2.32. The van der Waals surface area contributed by atoms with Crippen molar-refractivity contribution in [3.63, 3.8) is 0 Å². The molecular weight excluding hydrogens is 210 g/mol. The van der Waals surface area contributed by atoms with E-state index in [0.717, 1.165) is 19.3 Å². The van der Waals surface area contributed by atoms with Gasteiger partial charge in [0.25, 0.3) is 5.91 Å². The third-order valence-electron chi connectivity index (χ3n) is 2.39. The molecule has 1 N–H and O–H groups in total. The van der Waals surface area contributed by atoms with Gasteiger partial charge in [0.1, 0.15) is 0 Å². The van der Waals surface area contributed by atoms with Crippen molar-refractivity contribution < 1.29 is 14.4 Å². The molecule has 0 aromatic carbocycles. The number of hydroxylamine groups is 1. The number of rotatable bonds is 3. The first-order chi connectivity index (χ1) is 7.75. The summed E-state index contributed by atoms with van der Waals surface area (Å²) in [6.07, 6.45) is 5.72. The zero-order chi connectivity index (χ0) is 11.4. The van der Waals surface area contributed by atoms with Crippen molar-refractivity contribution in [2.24, 2.45) is 7.05 Å². The van der Waals surface area contributed by atoms with E-state index < -0.39 is 0 Å². The summed E-state index contributed by atoms with van der Waals surface area (Å²) >= 11 is 0. The average Bonchev–Trinajstić information content (AvgIpc) is 2.74. The van der Waals surface area contributed by atoms with E-state index in [1.165, 1.54) is 6.20 Å². The molecule has 2 heterocycles. The molecule has 1 aliphatic rings. The van der Waals surface area contributed by atoms with Gasteiger partial charge >= 0.3 is 0 Å². The summed E-state index contributed by atoms with van der Waals surface area (Å²) in [6, 6.07) is 0. The number of hydrogen-bond donors (Lipinski definition) is 1. The number of amides is 1. The van der Waals surface area contributed by atoms with Gasteiger partial charge in [-0.05, 0) is 12.8 Å². The van der Waals surface area contributed by atoms with Crippen molar-refractivity contribution in [3.8, 4) is 0 Å². The molecule has 1 aromatic heterocycles. The second kappa shape index (κ2) is 5.09. The molecule has 6 heteroatoms. The normalized spacial score (nSPS) is 20.7. The SMILES string of the molecule is Cn1cc(C(=O)NOC2CCCCO2)cn1. The topological polar surface area (TPSA) is 65.4 Å². The van der Waals surface area contributed by atoms with Crippen LogP contribution in [0.15, 0.2) is 12.4 Å². The van der Waals surface area contributed by atoms with Crippen molar-refractivity contribution in [1.82, 2.24) is 15.3 Å². The number of nitrogens with one attached hydrogen (secondary N) is 1. The molecule has 2 rings (SSSR count). The molecule has 1 fully saturated rings. The van der Waals surface area contributed by atoms with Gasteiger partial charge in [-0.3, -0.25) is 9.48 Å². The van der Waals surface area contributed by atoms with Gasteiger partial charge < -0.3 is 4.74 Å². The van der Waals surface area contributed by atoms with E-state index in [0.29, 0.717) is 12.2 Å². The molecule has 0 aliphatic carbocycles. The maximum Gasteiger partial charge on any atom is 0.278 e. The minimum Gasteiger partial charge on any atom is -0.350 e. The Kier molecular flexibility index (Phi) is 3.53. The lowest BCUT2D eigenvalue weighted by Gasteiger charge is -2.21. The second-order valence-electron chi connectivity index (χ2n) is 3.75. The van der Waals surface area contributed by atoms with E-state index in [1.54, 1.807) is 17.9 Å². The largest absolute Gasteiger partial charge is 0.350 e. The fourth-order valence-corrected chi connectivity index (χ4v) is 1.52. The maximum absolute atomic E-state index is 11.6. The standard InChI is InChI=1S/C10H15N3O3/c1-13-7-8(6-11-13)10(14)12-16-9-4-2-3-5-15-9/h6-7,9H,2-5H2,1H3,(H,12,14). The number of aromatic nitrogens is 2. The first-order valence-electron chi connectivity index (χ1n) is 5.32.